The summed E-state index contributed by atoms with van der Waals surface area (Å²) in [5, 5.41) is 3.06. The van der Waals surface area contributed by atoms with Crippen molar-refractivity contribution < 1.29 is 9.59 Å². The van der Waals surface area contributed by atoms with Crippen molar-refractivity contribution in [2.45, 2.75) is 46.1 Å². The summed E-state index contributed by atoms with van der Waals surface area (Å²) in [5.41, 5.74) is 0.411. The van der Waals surface area contributed by atoms with Crippen molar-refractivity contribution in [2.24, 2.45) is 11.8 Å². The zero-order valence-corrected chi connectivity index (χ0v) is 15.9. The highest BCUT2D eigenvalue weighted by Crippen LogP contribution is 2.27. The molecule has 2 saturated heterocycles. The number of nitrogens with zero attached hydrogens (tertiary/aromatic N) is 4. The number of aromatic nitrogens is 2. The maximum Gasteiger partial charge on any atom is 0.274 e. The van der Waals surface area contributed by atoms with E-state index in [1.165, 1.54) is 6.42 Å². The van der Waals surface area contributed by atoms with Gasteiger partial charge in [0.2, 0.25) is 5.91 Å². The fraction of sp³-hybridized carbons (Fsp3) is 0.684. The second-order valence-electron chi connectivity index (χ2n) is 7.74. The molecule has 142 valence electrons. The molecule has 7 nitrogen and oxygen atoms in total. The van der Waals surface area contributed by atoms with Gasteiger partial charge in [0, 0.05) is 39.0 Å². The van der Waals surface area contributed by atoms with Gasteiger partial charge in [0.05, 0.1) is 18.4 Å². The summed E-state index contributed by atoms with van der Waals surface area (Å²) in [6.07, 6.45) is 6.56. The topological polar surface area (TPSA) is 78.4 Å². The molecule has 0 spiro atoms. The smallest absolute Gasteiger partial charge is 0.274 e. The highest BCUT2D eigenvalue weighted by molar-refractivity contribution is 5.92. The third kappa shape index (κ3) is 4.14. The van der Waals surface area contributed by atoms with E-state index in [1.807, 2.05) is 4.90 Å². The van der Waals surface area contributed by atoms with Crippen LogP contribution in [0, 0.1) is 11.8 Å². The van der Waals surface area contributed by atoms with Gasteiger partial charge < -0.3 is 15.1 Å². The van der Waals surface area contributed by atoms with Gasteiger partial charge in [-0.1, -0.05) is 13.8 Å². The molecule has 3 rings (SSSR count). The van der Waals surface area contributed by atoms with Crippen molar-refractivity contribution in [3.8, 4) is 0 Å². The number of anilines is 1. The van der Waals surface area contributed by atoms with Gasteiger partial charge in [0.15, 0.2) is 0 Å². The molecule has 0 saturated carbocycles. The first-order valence-electron chi connectivity index (χ1n) is 9.59. The Morgan fingerprint density at radius 2 is 1.88 bits per heavy atom. The lowest BCUT2D eigenvalue weighted by molar-refractivity contribution is -0.119. The van der Waals surface area contributed by atoms with Crippen LogP contribution in [0.25, 0.3) is 0 Å². The van der Waals surface area contributed by atoms with Crippen molar-refractivity contribution in [2.75, 3.05) is 31.1 Å². The summed E-state index contributed by atoms with van der Waals surface area (Å²) in [4.78, 5) is 37.1. The summed E-state index contributed by atoms with van der Waals surface area (Å²) in [5.74, 6) is 1.47. The third-order valence-electron chi connectivity index (χ3n) is 5.42. The van der Waals surface area contributed by atoms with E-state index in [4.69, 9.17) is 0 Å². The van der Waals surface area contributed by atoms with E-state index in [1.54, 1.807) is 19.3 Å². The number of hydrogen-bond acceptors (Lipinski definition) is 5. The Labute approximate surface area is 155 Å². The first-order chi connectivity index (χ1) is 12.5. The Balaban J connectivity index is 1.75. The minimum atomic E-state index is -0.0305. The van der Waals surface area contributed by atoms with Crippen LogP contribution in [0.3, 0.4) is 0 Å². The summed E-state index contributed by atoms with van der Waals surface area (Å²) in [6, 6.07) is 0.0933. The Kier molecular flexibility index (Phi) is 5.74. The van der Waals surface area contributed by atoms with Gasteiger partial charge in [-0.15, -0.1) is 0 Å². The van der Waals surface area contributed by atoms with Crippen molar-refractivity contribution in [1.82, 2.24) is 20.2 Å². The number of nitrogens with one attached hydrogen (secondary N) is 1. The summed E-state index contributed by atoms with van der Waals surface area (Å²) >= 11 is 0. The average molecular weight is 359 g/mol. The maximum absolute atomic E-state index is 12.7. The number of likely N-dealkylation sites (tertiary alicyclic amines) is 1. The zero-order chi connectivity index (χ0) is 18.7. The van der Waals surface area contributed by atoms with E-state index in [2.05, 4.69) is 34.0 Å². The first-order valence-corrected chi connectivity index (χ1v) is 9.59. The van der Waals surface area contributed by atoms with Crippen LogP contribution in [0.4, 0.5) is 5.82 Å². The van der Waals surface area contributed by atoms with Crippen LogP contribution < -0.4 is 10.2 Å². The maximum atomic E-state index is 12.7. The second kappa shape index (κ2) is 8.01. The van der Waals surface area contributed by atoms with E-state index in [9.17, 15) is 9.59 Å². The molecule has 2 amide bonds. The number of piperidine rings is 1. The van der Waals surface area contributed by atoms with Gasteiger partial charge in [-0.2, -0.15) is 0 Å². The van der Waals surface area contributed by atoms with Crippen LogP contribution in [0.2, 0.25) is 0 Å². The fourth-order valence-electron chi connectivity index (χ4n) is 3.98. The molecule has 0 radical (unpaired) electrons. The van der Waals surface area contributed by atoms with Crippen molar-refractivity contribution >= 4 is 17.6 Å². The van der Waals surface area contributed by atoms with Gasteiger partial charge in [-0.25, -0.2) is 4.98 Å². The molecule has 1 aromatic rings. The van der Waals surface area contributed by atoms with E-state index >= 15 is 0 Å². The monoisotopic (exact) mass is 359 g/mol. The van der Waals surface area contributed by atoms with Crippen LogP contribution in [0.5, 0.6) is 0 Å². The Morgan fingerprint density at radius 3 is 2.54 bits per heavy atom. The standard InChI is InChI=1S/C19H29N5O2/c1-13(2)15-11-24(12-17(15)21-14(3)25)18-10-20-9-16(22-18)19(26)23-7-5-4-6-8-23/h9-10,13,15,17H,4-8,11-12H2,1-3H3,(H,21,25)/t15-,17+/m0/s1. The molecule has 0 aliphatic carbocycles. The third-order valence-corrected chi connectivity index (χ3v) is 5.42. The van der Waals surface area contributed by atoms with E-state index in [0.717, 1.165) is 32.5 Å². The largest absolute Gasteiger partial charge is 0.353 e. The number of carbonyl (C=O) groups is 2. The number of carbonyl (C=O) groups excluding carboxylic acids is 2. The van der Waals surface area contributed by atoms with Crippen LogP contribution >= 0.6 is 0 Å². The highest BCUT2D eigenvalue weighted by atomic mass is 16.2. The molecule has 1 aromatic heterocycles. The van der Waals surface area contributed by atoms with E-state index < -0.39 is 0 Å². The van der Waals surface area contributed by atoms with Gasteiger partial charge >= 0.3 is 0 Å². The lowest BCUT2D eigenvalue weighted by Crippen LogP contribution is -2.40. The van der Waals surface area contributed by atoms with Crippen LogP contribution in [0.15, 0.2) is 12.4 Å². The molecule has 2 aliphatic rings. The van der Waals surface area contributed by atoms with Gasteiger partial charge in [-0.3, -0.25) is 14.6 Å². The Hall–Kier alpha value is -2.18. The minimum absolute atomic E-state index is 0.0115. The molecule has 7 heteroatoms. The molecule has 0 unspecified atom stereocenters. The second-order valence-corrected chi connectivity index (χ2v) is 7.74. The molecule has 26 heavy (non-hydrogen) atoms. The lowest BCUT2D eigenvalue weighted by Gasteiger charge is -2.26. The predicted molar refractivity (Wildman–Crippen MR) is 99.9 cm³/mol. The number of rotatable bonds is 4. The number of amides is 2. The zero-order valence-electron chi connectivity index (χ0n) is 15.9. The molecule has 2 atom stereocenters. The van der Waals surface area contributed by atoms with Gasteiger partial charge in [0.25, 0.3) is 5.91 Å². The quantitative estimate of drug-likeness (QED) is 0.885. The van der Waals surface area contributed by atoms with Crippen molar-refractivity contribution in [3.63, 3.8) is 0 Å². The molecule has 1 N–H and O–H groups in total. The predicted octanol–water partition coefficient (Wildman–Crippen LogP) is 1.70. The minimum Gasteiger partial charge on any atom is -0.353 e. The highest BCUT2D eigenvalue weighted by Gasteiger charge is 2.36. The lowest BCUT2D eigenvalue weighted by atomic mass is 9.91. The van der Waals surface area contributed by atoms with Gasteiger partial charge in [-0.05, 0) is 25.2 Å². The van der Waals surface area contributed by atoms with E-state index in [-0.39, 0.29) is 17.9 Å². The first kappa shape index (κ1) is 18.6. The van der Waals surface area contributed by atoms with Crippen LogP contribution in [0.1, 0.15) is 50.5 Å². The van der Waals surface area contributed by atoms with E-state index in [0.29, 0.717) is 29.9 Å². The van der Waals surface area contributed by atoms with Crippen molar-refractivity contribution in [1.29, 1.82) is 0 Å². The number of hydrogen-bond donors (Lipinski definition) is 1. The van der Waals surface area contributed by atoms with Crippen LogP contribution in [-0.4, -0.2) is 58.9 Å². The molecular formula is C19H29N5O2. The molecule has 0 aromatic carbocycles. The molecule has 3 heterocycles. The SMILES string of the molecule is CC(=O)N[C@@H]1CN(c2cncc(C(=O)N3CCCCC3)n2)C[C@H]1C(C)C. The van der Waals surface area contributed by atoms with Gasteiger partial charge in [0.1, 0.15) is 11.5 Å². The Bertz CT molecular complexity index is 657. The fourth-order valence-corrected chi connectivity index (χ4v) is 3.98. The summed E-state index contributed by atoms with van der Waals surface area (Å²) in [6.45, 7) is 8.99. The van der Waals surface area contributed by atoms with Crippen molar-refractivity contribution in [3.05, 3.63) is 18.1 Å². The molecule has 2 fully saturated rings. The summed E-state index contributed by atoms with van der Waals surface area (Å²) in [7, 11) is 0. The molecule has 2 aliphatic heterocycles. The Morgan fingerprint density at radius 1 is 1.15 bits per heavy atom. The normalized spacial score (nSPS) is 23.4. The average Bonchev–Trinajstić information content (AvgIpc) is 3.05. The molecule has 0 bridgehead atoms. The van der Waals surface area contributed by atoms with Crippen LogP contribution in [-0.2, 0) is 4.79 Å². The summed E-state index contributed by atoms with van der Waals surface area (Å²) < 4.78 is 0. The molecular weight excluding hydrogens is 330 g/mol.